The van der Waals surface area contributed by atoms with E-state index in [0.717, 1.165) is 10.0 Å². The highest BCUT2D eigenvalue weighted by molar-refractivity contribution is 9.10. The van der Waals surface area contributed by atoms with Crippen LogP contribution in [0.15, 0.2) is 39.3 Å². The van der Waals surface area contributed by atoms with E-state index in [2.05, 4.69) is 31.9 Å². The van der Waals surface area contributed by atoms with E-state index in [1.807, 2.05) is 6.07 Å². The van der Waals surface area contributed by atoms with Crippen molar-refractivity contribution in [1.29, 1.82) is 0 Å². The molecule has 0 unspecified atom stereocenters. The van der Waals surface area contributed by atoms with E-state index in [1.165, 1.54) is 12.1 Å². The Morgan fingerprint density at radius 3 is 2.53 bits per heavy atom. The Kier molecular flexibility index (Phi) is 4.43. The van der Waals surface area contributed by atoms with E-state index in [4.69, 9.17) is 11.6 Å². The van der Waals surface area contributed by atoms with Gasteiger partial charge >= 0.3 is 0 Å². The van der Waals surface area contributed by atoms with Crippen molar-refractivity contribution in [3.63, 3.8) is 0 Å². The van der Waals surface area contributed by atoms with E-state index in [1.54, 1.807) is 19.1 Å². The third-order valence-electron chi connectivity index (χ3n) is 2.70. The molecule has 0 heterocycles. The lowest BCUT2D eigenvalue weighted by molar-refractivity contribution is 0.103. The summed E-state index contributed by atoms with van der Waals surface area (Å²) in [6.07, 6.45) is 0. The number of carbonyl (C=O) groups excluding carboxylic acids is 1. The smallest absolute Gasteiger partial charge is 0.196 e. The van der Waals surface area contributed by atoms with Crippen molar-refractivity contribution in [3.05, 3.63) is 66.8 Å². The Morgan fingerprint density at radius 1 is 1.16 bits per heavy atom. The van der Waals surface area contributed by atoms with Crippen LogP contribution in [0.2, 0.25) is 5.02 Å². The highest BCUT2D eigenvalue weighted by Crippen LogP contribution is 2.28. The van der Waals surface area contributed by atoms with Gasteiger partial charge in [0.1, 0.15) is 5.82 Å². The van der Waals surface area contributed by atoms with Gasteiger partial charge in [0, 0.05) is 14.5 Å². The van der Waals surface area contributed by atoms with Crippen LogP contribution in [0.5, 0.6) is 0 Å². The van der Waals surface area contributed by atoms with Crippen LogP contribution in [-0.2, 0) is 0 Å². The van der Waals surface area contributed by atoms with Crippen molar-refractivity contribution >= 4 is 49.2 Å². The molecule has 1 nitrogen and oxygen atoms in total. The average molecular weight is 406 g/mol. The Labute approximate surface area is 132 Å². The SMILES string of the molecule is Cc1ccc(Br)cc1C(=O)c1cc(Cl)c(Br)cc1F. The Balaban J connectivity index is 2.56. The van der Waals surface area contributed by atoms with E-state index in [-0.39, 0.29) is 11.3 Å². The van der Waals surface area contributed by atoms with Crippen LogP contribution >= 0.6 is 43.5 Å². The van der Waals surface area contributed by atoms with Crippen LogP contribution in [0.25, 0.3) is 0 Å². The van der Waals surface area contributed by atoms with Crippen LogP contribution < -0.4 is 0 Å². The summed E-state index contributed by atoms with van der Waals surface area (Å²) in [4.78, 5) is 12.4. The summed E-state index contributed by atoms with van der Waals surface area (Å²) in [6.45, 7) is 1.80. The number of aryl methyl sites for hydroxylation is 1. The molecular weight excluding hydrogens is 398 g/mol. The molecular formula is C14H8Br2ClFO. The van der Waals surface area contributed by atoms with Crippen LogP contribution in [0.1, 0.15) is 21.5 Å². The molecule has 2 rings (SSSR count). The van der Waals surface area contributed by atoms with E-state index in [9.17, 15) is 9.18 Å². The number of carbonyl (C=O) groups is 1. The van der Waals surface area contributed by atoms with Gasteiger partial charge in [-0.05, 0) is 52.7 Å². The second-order valence-corrected chi connectivity index (χ2v) is 6.21. The van der Waals surface area contributed by atoms with Gasteiger partial charge in [-0.3, -0.25) is 4.79 Å². The molecule has 19 heavy (non-hydrogen) atoms. The molecule has 0 saturated heterocycles. The molecule has 0 bridgehead atoms. The second kappa shape index (κ2) is 5.73. The molecule has 5 heteroatoms. The number of benzene rings is 2. The van der Waals surface area contributed by atoms with Crippen LogP contribution in [0.4, 0.5) is 4.39 Å². The lowest BCUT2D eigenvalue weighted by atomic mass is 9.99. The minimum absolute atomic E-state index is 0.0330. The van der Waals surface area contributed by atoms with Crippen molar-refractivity contribution in [2.75, 3.05) is 0 Å². The third-order valence-corrected chi connectivity index (χ3v) is 4.39. The maximum atomic E-state index is 13.9. The predicted octanol–water partition coefficient (Wildman–Crippen LogP) is 5.54. The lowest BCUT2D eigenvalue weighted by Gasteiger charge is -2.08. The van der Waals surface area contributed by atoms with Crippen LogP contribution in [0, 0.1) is 12.7 Å². The number of rotatable bonds is 2. The summed E-state index contributed by atoms with van der Waals surface area (Å²) < 4.78 is 15.1. The summed E-state index contributed by atoms with van der Waals surface area (Å²) in [7, 11) is 0. The fraction of sp³-hybridized carbons (Fsp3) is 0.0714. The van der Waals surface area contributed by atoms with Crippen LogP contribution in [0.3, 0.4) is 0 Å². The standard InChI is InChI=1S/C14H8Br2ClFO/c1-7-2-3-8(15)4-9(7)14(19)10-5-12(17)11(16)6-13(10)18/h2-6H,1H3. The van der Waals surface area contributed by atoms with Gasteiger partial charge in [0.15, 0.2) is 5.78 Å². The molecule has 0 amide bonds. The first-order valence-electron chi connectivity index (χ1n) is 5.35. The minimum atomic E-state index is -0.597. The second-order valence-electron chi connectivity index (χ2n) is 4.03. The van der Waals surface area contributed by atoms with Crippen molar-refractivity contribution in [3.8, 4) is 0 Å². The molecule has 0 fully saturated rings. The van der Waals surface area contributed by atoms with Gasteiger partial charge in [-0.15, -0.1) is 0 Å². The van der Waals surface area contributed by atoms with Gasteiger partial charge in [0.05, 0.1) is 10.6 Å². The van der Waals surface area contributed by atoms with E-state index < -0.39 is 5.82 Å². The fourth-order valence-corrected chi connectivity index (χ4v) is 2.52. The molecule has 2 aromatic carbocycles. The van der Waals surface area contributed by atoms with Crippen molar-refractivity contribution in [2.24, 2.45) is 0 Å². The molecule has 2 aromatic rings. The first-order chi connectivity index (χ1) is 8.90. The van der Waals surface area contributed by atoms with Gasteiger partial charge in [-0.2, -0.15) is 0 Å². The molecule has 0 atom stereocenters. The van der Waals surface area contributed by atoms with Crippen LogP contribution in [-0.4, -0.2) is 5.78 Å². The third kappa shape index (κ3) is 3.07. The topological polar surface area (TPSA) is 17.1 Å². The highest BCUT2D eigenvalue weighted by Gasteiger charge is 2.18. The quantitative estimate of drug-likeness (QED) is 0.473. The van der Waals surface area contributed by atoms with Gasteiger partial charge in [0.2, 0.25) is 0 Å². The zero-order valence-electron chi connectivity index (χ0n) is 9.81. The highest BCUT2D eigenvalue weighted by atomic mass is 79.9. The molecule has 0 saturated carbocycles. The van der Waals surface area contributed by atoms with Gasteiger partial charge in [0.25, 0.3) is 0 Å². The fourth-order valence-electron chi connectivity index (χ4n) is 1.68. The maximum Gasteiger partial charge on any atom is 0.196 e. The average Bonchev–Trinajstić information content (AvgIpc) is 2.36. The van der Waals surface area contributed by atoms with Crippen molar-refractivity contribution < 1.29 is 9.18 Å². The Morgan fingerprint density at radius 2 is 1.84 bits per heavy atom. The largest absolute Gasteiger partial charge is 0.288 e. The molecule has 0 spiro atoms. The predicted molar refractivity (Wildman–Crippen MR) is 81.4 cm³/mol. The van der Waals surface area contributed by atoms with Crippen molar-refractivity contribution in [2.45, 2.75) is 6.92 Å². The lowest BCUT2D eigenvalue weighted by Crippen LogP contribution is -2.06. The first-order valence-corrected chi connectivity index (χ1v) is 7.32. The molecule has 0 N–H and O–H groups in total. The maximum absolute atomic E-state index is 13.9. The zero-order valence-corrected chi connectivity index (χ0v) is 13.7. The molecule has 0 aliphatic heterocycles. The van der Waals surface area contributed by atoms with Crippen molar-refractivity contribution in [1.82, 2.24) is 0 Å². The molecule has 0 aliphatic carbocycles. The normalized spacial score (nSPS) is 10.6. The van der Waals surface area contributed by atoms with Gasteiger partial charge in [-0.25, -0.2) is 4.39 Å². The van der Waals surface area contributed by atoms with E-state index in [0.29, 0.717) is 15.1 Å². The number of ketones is 1. The molecule has 0 aromatic heterocycles. The van der Waals surface area contributed by atoms with Gasteiger partial charge < -0.3 is 0 Å². The molecule has 0 radical (unpaired) electrons. The summed E-state index contributed by atoms with van der Waals surface area (Å²) >= 11 is 12.3. The summed E-state index contributed by atoms with van der Waals surface area (Å²) in [5.41, 5.74) is 1.20. The summed E-state index contributed by atoms with van der Waals surface area (Å²) in [5, 5.41) is 0.303. The zero-order chi connectivity index (χ0) is 14.2. The van der Waals surface area contributed by atoms with Gasteiger partial charge in [-0.1, -0.05) is 33.6 Å². The monoisotopic (exact) mass is 404 g/mol. The minimum Gasteiger partial charge on any atom is -0.288 e. The first kappa shape index (κ1) is 14.7. The number of hydrogen-bond acceptors (Lipinski definition) is 1. The number of hydrogen-bond donors (Lipinski definition) is 0. The Hall–Kier alpha value is -0.710. The molecule has 98 valence electrons. The number of halogens is 4. The summed E-state index contributed by atoms with van der Waals surface area (Å²) in [6, 6.07) is 7.84. The van der Waals surface area contributed by atoms with E-state index >= 15 is 0 Å². The molecule has 0 aliphatic rings. The summed E-state index contributed by atoms with van der Waals surface area (Å²) in [5.74, 6) is -0.980. The Bertz CT molecular complexity index is 671.